The molecule has 1 unspecified atom stereocenters. The third kappa shape index (κ3) is 1.75. The Morgan fingerprint density at radius 3 is 3.11 bits per heavy atom. The third-order valence-corrected chi connectivity index (χ3v) is 1.47. The van der Waals surface area contributed by atoms with Crippen LogP contribution in [-0.2, 0) is 4.79 Å². The number of halogens is 1. The maximum Gasteiger partial charge on any atom is 0.168 e. The van der Waals surface area contributed by atoms with Crippen LogP contribution in [0.5, 0.6) is 0 Å². The summed E-state index contributed by atoms with van der Waals surface area (Å²) in [6.45, 7) is 1.27. The second-order valence-corrected chi connectivity index (χ2v) is 2.22. The van der Waals surface area contributed by atoms with Crippen molar-refractivity contribution < 1.29 is 9.18 Å². The highest BCUT2D eigenvalue weighted by molar-refractivity contribution is 5.83. The molecule has 0 aromatic rings. The van der Waals surface area contributed by atoms with Gasteiger partial charge in [0.05, 0.1) is 0 Å². The number of carbonyl (C=O) groups excluding carboxylic acids is 1. The quantitative estimate of drug-likeness (QED) is 0.511. The van der Waals surface area contributed by atoms with Crippen LogP contribution >= 0.6 is 0 Å². The molecule has 1 fully saturated rings. The maximum absolute atomic E-state index is 12.4. The van der Waals surface area contributed by atoms with Crippen molar-refractivity contribution in [3.63, 3.8) is 0 Å². The molecule has 1 aliphatic heterocycles. The number of nitrogens with one attached hydrogen (secondary N) is 1. The van der Waals surface area contributed by atoms with Gasteiger partial charge in [0, 0.05) is 13.0 Å². The van der Waals surface area contributed by atoms with Gasteiger partial charge in [0.2, 0.25) is 0 Å². The number of alkyl halides is 1. The van der Waals surface area contributed by atoms with E-state index < -0.39 is 6.17 Å². The molecule has 0 saturated carbocycles. The van der Waals surface area contributed by atoms with Gasteiger partial charge in [-0.05, 0) is 13.0 Å². The summed E-state index contributed by atoms with van der Waals surface area (Å²) in [5.41, 5.74) is 0. The standard InChI is InChI=1S/C6H10FNO/c7-5-1-3-8-4-2-6(5)9/h5,8H,1-4H2. The van der Waals surface area contributed by atoms with E-state index in [1.165, 1.54) is 0 Å². The van der Waals surface area contributed by atoms with Crippen LogP contribution < -0.4 is 5.32 Å². The van der Waals surface area contributed by atoms with Crippen molar-refractivity contribution in [2.45, 2.75) is 19.0 Å². The van der Waals surface area contributed by atoms with Crippen LogP contribution in [0.3, 0.4) is 0 Å². The zero-order valence-electron chi connectivity index (χ0n) is 5.19. The number of Topliss-reactive ketones (excluding diaryl/α,β-unsaturated/α-hetero) is 1. The monoisotopic (exact) mass is 131 g/mol. The van der Waals surface area contributed by atoms with E-state index in [1.807, 2.05) is 0 Å². The third-order valence-electron chi connectivity index (χ3n) is 1.47. The Morgan fingerprint density at radius 1 is 1.56 bits per heavy atom. The average molecular weight is 131 g/mol. The van der Waals surface area contributed by atoms with E-state index in [4.69, 9.17) is 0 Å². The highest BCUT2D eigenvalue weighted by atomic mass is 19.1. The van der Waals surface area contributed by atoms with E-state index in [0.29, 0.717) is 25.9 Å². The molecular weight excluding hydrogens is 121 g/mol. The lowest BCUT2D eigenvalue weighted by Gasteiger charge is -1.97. The van der Waals surface area contributed by atoms with Crippen LogP contribution in [-0.4, -0.2) is 25.0 Å². The van der Waals surface area contributed by atoms with Crippen molar-refractivity contribution in [3.05, 3.63) is 0 Å². The van der Waals surface area contributed by atoms with Crippen molar-refractivity contribution in [1.82, 2.24) is 5.32 Å². The molecule has 1 aliphatic rings. The Hall–Kier alpha value is -0.440. The van der Waals surface area contributed by atoms with Crippen molar-refractivity contribution in [1.29, 1.82) is 0 Å². The molecule has 1 atom stereocenters. The first-order chi connectivity index (χ1) is 4.30. The second-order valence-electron chi connectivity index (χ2n) is 2.22. The van der Waals surface area contributed by atoms with Crippen LogP contribution in [0, 0.1) is 0 Å². The molecule has 1 heterocycles. The van der Waals surface area contributed by atoms with E-state index in [0.717, 1.165) is 0 Å². The van der Waals surface area contributed by atoms with Crippen LogP contribution in [0.25, 0.3) is 0 Å². The van der Waals surface area contributed by atoms with Crippen molar-refractivity contribution in [2.24, 2.45) is 0 Å². The molecule has 0 aromatic carbocycles. The average Bonchev–Trinajstić information content (AvgIpc) is 1.99. The van der Waals surface area contributed by atoms with Crippen LogP contribution in [0.15, 0.2) is 0 Å². The fraction of sp³-hybridized carbons (Fsp3) is 0.833. The van der Waals surface area contributed by atoms with Gasteiger partial charge in [-0.3, -0.25) is 4.79 Å². The number of hydrogen-bond acceptors (Lipinski definition) is 2. The first-order valence-electron chi connectivity index (χ1n) is 3.18. The molecule has 1 rings (SSSR count). The number of ketones is 1. The smallest absolute Gasteiger partial charge is 0.168 e. The fourth-order valence-corrected chi connectivity index (χ4v) is 0.883. The predicted molar refractivity (Wildman–Crippen MR) is 32.0 cm³/mol. The molecule has 0 radical (unpaired) electrons. The first kappa shape index (κ1) is 6.68. The van der Waals surface area contributed by atoms with Gasteiger partial charge in [0.1, 0.15) is 0 Å². The molecular formula is C6H10FNO. The number of carbonyl (C=O) groups is 1. The number of rotatable bonds is 0. The summed E-state index contributed by atoms with van der Waals surface area (Å²) in [6, 6.07) is 0. The summed E-state index contributed by atoms with van der Waals surface area (Å²) in [4.78, 5) is 10.6. The molecule has 0 aliphatic carbocycles. The minimum atomic E-state index is -1.21. The molecule has 0 amide bonds. The molecule has 2 nitrogen and oxygen atoms in total. The van der Waals surface area contributed by atoms with Crippen LogP contribution in [0.2, 0.25) is 0 Å². The van der Waals surface area contributed by atoms with Crippen molar-refractivity contribution in [3.8, 4) is 0 Å². The Morgan fingerprint density at radius 2 is 2.33 bits per heavy atom. The Labute approximate surface area is 53.4 Å². The molecule has 0 bridgehead atoms. The highest BCUT2D eigenvalue weighted by Gasteiger charge is 2.18. The van der Waals surface area contributed by atoms with Gasteiger partial charge in [-0.2, -0.15) is 0 Å². The topological polar surface area (TPSA) is 29.1 Å². The summed E-state index contributed by atoms with van der Waals surface area (Å²) in [6.07, 6.45) is -0.514. The molecule has 1 N–H and O–H groups in total. The zero-order chi connectivity index (χ0) is 6.69. The van der Waals surface area contributed by atoms with E-state index in [1.54, 1.807) is 0 Å². The van der Waals surface area contributed by atoms with Gasteiger partial charge >= 0.3 is 0 Å². The highest BCUT2D eigenvalue weighted by Crippen LogP contribution is 2.03. The fourth-order valence-electron chi connectivity index (χ4n) is 0.883. The van der Waals surface area contributed by atoms with E-state index in [9.17, 15) is 9.18 Å². The maximum atomic E-state index is 12.4. The van der Waals surface area contributed by atoms with Crippen LogP contribution in [0.4, 0.5) is 4.39 Å². The molecule has 1 saturated heterocycles. The van der Waals surface area contributed by atoms with E-state index in [-0.39, 0.29) is 5.78 Å². The van der Waals surface area contributed by atoms with E-state index >= 15 is 0 Å². The summed E-state index contributed by atoms with van der Waals surface area (Å²) >= 11 is 0. The second kappa shape index (κ2) is 2.92. The molecule has 9 heavy (non-hydrogen) atoms. The van der Waals surface area contributed by atoms with Gasteiger partial charge in [-0.15, -0.1) is 0 Å². The van der Waals surface area contributed by atoms with Gasteiger partial charge < -0.3 is 5.32 Å². The van der Waals surface area contributed by atoms with Gasteiger partial charge in [0.15, 0.2) is 12.0 Å². The minimum absolute atomic E-state index is 0.250. The zero-order valence-corrected chi connectivity index (χ0v) is 5.19. The predicted octanol–water partition coefficient (Wildman–Crippen LogP) is 0.277. The number of hydrogen-bond donors (Lipinski definition) is 1. The SMILES string of the molecule is O=C1CCNCCC1F. The Kier molecular flexibility index (Phi) is 2.16. The molecule has 0 spiro atoms. The van der Waals surface area contributed by atoms with Crippen molar-refractivity contribution in [2.75, 3.05) is 13.1 Å². The summed E-state index contributed by atoms with van der Waals surface area (Å²) in [7, 11) is 0. The largest absolute Gasteiger partial charge is 0.316 e. The summed E-state index contributed by atoms with van der Waals surface area (Å²) in [5.74, 6) is -0.250. The minimum Gasteiger partial charge on any atom is -0.316 e. The van der Waals surface area contributed by atoms with Crippen LogP contribution in [0.1, 0.15) is 12.8 Å². The summed E-state index contributed by atoms with van der Waals surface area (Å²) in [5, 5.41) is 2.95. The first-order valence-corrected chi connectivity index (χ1v) is 3.18. The van der Waals surface area contributed by atoms with Crippen molar-refractivity contribution >= 4 is 5.78 Å². The Bertz CT molecular complexity index is 116. The van der Waals surface area contributed by atoms with E-state index in [2.05, 4.69) is 5.32 Å². The Balaban J connectivity index is 2.41. The van der Waals surface area contributed by atoms with Gasteiger partial charge in [-0.25, -0.2) is 4.39 Å². The normalized spacial score (nSPS) is 29.9. The lowest BCUT2D eigenvalue weighted by Crippen LogP contribution is -2.14. The van der Waals surface area contributed by atoms with Gasteiger partial charge in [-0.1, -0.05) is 0 Å². The molecule has 52 valence electrons. The molecule has 3 heteroatoms. The lowest BCUT2D eigenvalue weighted by molar-refractivity contribution is -0.123. The molecule has 0 aromatic heterocycles. The lowest BCUT2D eigenvalue weighted by atomic mass is 10.2. The summed E-state index contributed by atoms with van der Waals surface area (Å²) < 4.78 is 12.4. The van der Waals surface area contributed by atoms with Gasteiger partial charge in [0.25, 0.3) is 0 Å².